The molecular weight excluding hydrogens is 317 g/mol. The maximum Gasteiger partial charge on any atom is 0.324 e. The van der Waals surface area contributed by atoms with Crippen LogP contribution < -0.4 is 5.73 Å². The fraction of sp³-hybridized carbons (Fsp3) is 0.429. The lowest BCUT2D eigenvalue weighted by atomic mass is 9.86. The molecule has 3 unspecified atom stereocenters. The number of carbonyl (C=O) groups is 2. The number of carboxylic acids is 2. The van der Waals surface area contributed by atoms with E-state index in [0.717, 1.165) is 5.56 Å². The third-order valence-electron chi connectivity index (χ3n) is 3.99. The minimum atomic E-state index is -1.55. The first-order chi connectivity index (χ1) is 9.75. The molecule has 0 spiro atoms. The van der Waals surface area contributed by atoms with Crippen molar-refractivity contribution in [1.82, 2.24) is 0 Å². The first-order valence-corrected chi connectivity index (χ1v) is 7.20. The molecule has 0 bridgehead atoms. The van der Waals surface area contributed by atoms with Crippen LogP contribution in [0.1, 0.15) is 18.4 Å². The fourth-order valence-corrected chi connectivity index (χ4v) is 3.06. The third-order valence-corrected chi connectivity index (χ3v) is 4.58. The first kappa shape index (κ1) is 16.1. The summed E-state index contributed by atoms with van der Waals surface area (Å²) in [5.74, 6) is -3.40. The summed E-state index contributed by atoms with van der Waals surface area (Å²) in [4.78, 5) is 22.4. The molecule has 4 N–H and O–H groups in total. The molecule has 0 aliphatic heterocycles. The van der Waals surface area contributed by atoms with E-state index in [1.807, 2.05) is 0 Å². The lowest BCUT2D eigenvalue weighted by Crippen LogP contribution is -2.51. The Balaban J connectivity index is 2.11. The second-order valence-corrected chi connectivity index (χ2v) is 6.21. The zero-order valence-electron chi connectivity index (χ0n) is 11.1. The second kappa shape index (κ2) is 5.83. The largest absolute Gasteiger partial charge is 0.481 e. The van der Waals surface area contributed by atoms with Crippen LogP contribution in [-0.4, -0.2) is 27.7 Å². The SMILES string of the molecule is NC(CCc1ccc(Cl)cc1Cl)(C(=O)O)C1CC1C(=O)O. The number of carboxylic acid groups (broad SMARTS) is 2. The number of hydrogen-bond donors (Lipinski definition) is 3. The maximum absolute atomic E-state index is 11.5. The zero-order valence-corrected chi connectivity index (χ0v) is 12.6. The smallest absolute Gasteiger partial charge is 0.324 e. The van der Waals surface area contributed by atoms with Crippen LogP contribution in [0, 0.1) is 11.8 Å². The van der Waals surface area contributed by atoms with Gasteiger partial charge in [-0.25, -0.2) is 0 Å². The molecule has 3 atom stereocenters. The van der Waals surface area contributed by atoms with Gasteiger partial charge >= 0.3 is 11.9 Å². The number of nitrogens with two attached hydrogens (primary N) is 1. The Morgan fingerprint density at radius 1 is 1.33 bits per heavy atom. The van der Waals surface area contributed by atoms with E-state index in [0.29, 0.717) is 22.9 Å². The zero-order chi connectivity index (χ0) is 15.8. The van der Waals surface area contributed by atoms with E-state index in [9.17, 15) is 14.7 Å². The summed E-state index contributed by atoms with van der Waals surface area (Å²) in [6.45, 7) is 0. The number of benzene rings is 1. The van der Waals surface area contributed by atoms with E-state index < -0.39 is 29.3 Å². The fourth-order valence-electron chi connectivity index (χ4n) is 2.55. The summed E-state index contributed by atoms with van der Waals surface area (Å²) in [5.41, 5.74) is 5.16. The first-order valence-electron chi connectivity index (χ1n) is 6.44. The molecule has 0 amide bonds. The van der Waals surface area contributed by atoms with E-state index in [4.69, 9.17) is 34.0 Å². The Kier molecular flexibility index (Phi) is 4.46. The summed E-state index contributed by atoms with van der Waals surface area (Å²) in [5, 5.41) is 19.2. The summed E-state index contributed by atoms with van der Waals surface area (Å²) in [7, 11) is 0. The van der Waals surface area contributed by atoms with Crippen LogP contribution in [0.2, 0.25) is 10.0 Å². The third kappa shape index (κ3) is 3.31. The van der Waals surface area contributed by atoms with Crippen molar-refractivity contribution in [1.29, 1.82) is 0 Å². The van der Waals surface area contributed by atoms with Gasteiger partial charge in [0.15, 0.2) is 0 Å². The summed E-state index contributed by atoms with van der Waals surface area (Å²) in [6.07, 6.45) is 0.770. The van der Waals surface area contributed by atoms with Gasteiger partial charge < -0.3 is 15.9 Å². The van der Waals surface area contributed by atoms with E-state index in [1.165, 1.54) is 0 Å². The van der Waals surface area contributed by atoms with Gasteiger partial charge in [0.05, 0.1) is 5.92 Å². The molecule has 1 aromatic carbocycles. The van der Waals surface area contributed by atoms with Crippen LogP contribution in [0.15, 0.2) is 18.2 Å². The standard InChI is InChI=1S/C14H15Cl2NO4/c15-8-2-1-7(11(16)5-8)3-4-14(17,13(20)21)10-6-9(10)12(18)19/h1-2,5,9-10H,3-4,6,17H2,(H,18,19)(H,20,21). The maximum atomic E-state index is 11.5. The Bertz CT molecular complexity index is 592. The van der Waals surface area contributed by atoms with Crippen LogP contribution in [0.5, 0.6) is 0 Å². The van der Waals surface area contributed by atoms with Gasteiger partial charge in [0.1, 0.15) is 5.54 Å². The quantitative estimate of drug-likeness (QED) is 0.743. The molecule has 0 heterocycles. The number of rotatable bonds is 6. The Morgan fingerprint density at radius 2 is 2.00 bits per heavy atom. The molecule has 7 heteroatoms. The Morgan fingerprint density at radius 3 is 2.48 bits per heavy atom. The molecule has 0 radical (unpaired) electrons. The molecule has 21 heavy (non-hydrogen) atoms. The van der Waals surface area contributed by atoms with Crippen molar-refractivity contribution in [3.05, 3.63) is 33.8 Å². The molecule has 114 valence electrons. The van der Waals surface area contributed by atoms with Crippen LogP contribution in [0.4, 0.5) is 0 Å². The summed E-state index contributed by atoms with van der Waals surface area (Å²) in [6, 6.07) is 4.96. The predicted molar refractivity (Wildman–Crippen MR) is 78.6 cm³/mol. The van der Waals surface area contributed by atoms with Gasteiger partial charge in [-0.05, 0) is 37.0 Å². The molecular formula is C14H15Cl2NO4. The van der Waals surface area contributed by atoms with Crippen LogP contribution >= 0.6 is 23.2 Å². The van der Waals surface area contributed by atoms with Crippen LogP contribution in [0.3, 0.4) is 0 Å². The van der Waals surface area contributed by atoms with Gasteiger partial charge in [-0.3, -0.25) is 9.59 Å². The molecule has 2 rings (SSSR count). The topological polar surface area (TPSA) is 101 Å². The van der Waals surface area contributed by atoms with Crippen molar-refractivity contribution in [2.45, 2.75) is 24.8 Å². The summed E-state index contributed by atoms with van der Waals surface area (Å²) < 4.78 is 0. The lowest BCUT2D eigenvalue weighted by Gasteiger charge is -2.25. The lowest BCUT2D eigenvalue weighted by molar-refractivity contribution is -0.145. The van der Waals surface area contributed by atoms with Crippen molar-refractivity contribution in [2.75, 3.05) is 0 Å². The number of hydrogen-bond acceptors (Lipinski definition) is 3. The van der Waals surface area contributed by atoms with Gasteiger partial charge in [0, 0.05) is 16.0 Å². The molecule has 0 saturated heterocycles. The van der Waals surface area contributed by atoms with E-state index >= 15 is 0 Å². The molecule has 5 nitrogen and oxygen atoms in total. The van der Waals surface area contributed by atoms with Crippen LogP contribution in [-0.2, 0) is 16.0 Å². The van der Waals surface area contributed by atoms with Gasteiger partial charge in [-0.15, -0.1) is 0 Å². The van der Waals surface area contributed by atoms with E-state index in [2.05, 4.69) is 0 Å². The van der Waals surface area contributed by atoms with E-state index in [-0.39, 0.29) is 6.42 Å². The minimum Gasteiger partial charge on any atom is -0.481 e. The molecule has 1 aliphatic carbocycles. The summed E-state index contributed by atoms with van der Waals surface area (Å²) >= 11 is 11.8. The number of aryl methyl sites for hydroxylation is 1. The van der Waals surface area contributed by atoms with Crippen molar-refractivity contribution >= 4 is 35.1 Å². The highest BCUT2D eigenvalue weighted by Gasteiger charge is 2.58. The van der Waals surface area contributed by atoms with Gasteiger partial charge in [-0.1, -0.05) is 29.3 Å². The Labute approximate surface area is 131 Å². The molecule has 1 aliphatic rings. The predicted octanol–water partition coefficient (Wildman–Crippen LogP) is 2.43. The Hall–Kier alpha value is -1.30. The number of halogens is 2. The van der Waals surface area contributed by atoms with Crippen molar-refractivity contribution < 1.29 is 19.8 Å². The van der Waals surface area contributed by atoms with Crippen molar-refractivity contribution in [2.24, 2.45) is 17.6 Å². The highest BCUT2D eigenvalue weighted by molar-refractivity contribution is 6.35. The molecule has 1 saturated carbocycles. The molecule has 1 fully saturated rings. The number of aliphatic carboxylic acids is 2. The highest BCUT2D eigenvalue weighted by atomic mass is 35.5. The molecule has 1 aromatic rings. The second-order valence-electron chi connectivity index (χ2n) is 5.37. The van der Waals surface area contributed by atoms with Gasteiger partial charge in [0.2, 0.25) is 0 Å². The van der Waals surface area contributed by atoms with Crippen LogP contribution in [0.25, 0.3) is 0 Å². The van der Waals surface area contributed by atoms with Crippen molar-refractivity contribution in [3.8, 4) is 0 Å². The highest BCUT2D eigenvalue weighted by Crippen LogP contribution is 2.47. The molecule has 0 aromatic heterocycles. The average molecular weight is 332 g/mol. The average Bonchev–Trinajstić information content (AvgIpc) is 3.17. The van der Waals surface area contributed by atoms with E-state index in [1.54, 1.807) is 18.2 Å². The monoisotopic (exact) mass is 331 g/mol. The van der Waals surface area contributed by atoms with Gasteiger partial charge in [-0.2, -0.15) is 0 Å². The van der Waals surface area contributed by atoms with Gasteiger partial charge in [0.25, 0.3) is 0 Å². The van der Waals surface area contributed by atoms with Crippen molar-refractivity contribution in [3.63, 3.8) is 0 Å². The minimum absolute atomic E-state index is 0.123. The normalized spacial score (nSPS) is 23.4.